The Morgan fingerprint density at radius 2 is 2.00 bits per heavy atom. The van der Waals surface area contributed by atoms with E-state index in [1.165, 1.54) is 0 Å². The quantitative estimate of drug-likeness (QED) is 0.588. The zero-order chi connectivity index (χ0) is 12.0. The van der Waals surface area contributed by atoms with Crippen LogP contribution in [0.5, 0.6) is 5.75 Å². The van der Waals surface area contributed by atoms with Crippen molar-refractivity contribution in [3.8, 4) is 5.75 Å². The smallest absolute Gasteiger partial charge is 0.314 e. The van der Waals surface area contributed by atoms with Crippen LogP contribution in [0.3, 0.4) is 0 Å². The third kappa shape index (κ3) is 3.14. The normalized spacial score (nSPS) is 11.9. The second-order valence-corrected chi connectivity index (χ2v) is 3.54. The second-order valence-electron chi connectivity index (χ2n) is 3.23. The summed E-state index contributed by atoms with van der Waals surface area (Å²) in [4.78, 5) is 11.6. The van der Waals surface area contributed by atoms with E-state index in [9.17, 15) is 4.79 Å². The number of alkyl halides is 1. The minimum Gasteiger partial charge on any atom is -0.497 e. The van der Waals surface area contributed by atoms with E-state index in [0.29, 0.717) is 6.61 Å². The Balaban J connectivity index is 2.82. The van der Waals surface area contributed by atoms with Crippen LogP contribution in [0.15, 0.2) is 24.3 Å². The molecule has 0 aliphatic heterocycles. The summed E-state index contributed by atoms with van der Waals surface area (Å²) in [6.07, 6.45) is 0. The molecule has 0 aliphatic carbocycles. The minimum absolute atomic E-state index is 0.213. The Morgan fingerprint density at radius 1 is 1.38 bits per heavy atom. The molecule has 1 atom stereocenters. The number of esters is 1. The van der Waals surface area contributed by atoms with E-state index in [-0.39, 0.29) is 11.8 Å². The first-order chi connectivity index (χ1) is 7.72. The Morgan fingerprint density at radius 3 is 2.44 bits per heavy atom. The molecule has 0 aliphatic rings. The summed E-state index contributed by atoms with van der Waals surface area (Å²) in [5.41, 5.74) is 0.842. The van der Waals surface area contributed by atoms with Crippen LogP contribution in [0.2, 0.25) is 0 Å². The van der Waals surface area contributed by atoms with E-state index in [1.54, 1.807) is 26.2 Å². The standard InChI is InChI=1S/C12H15ClO3/c1-3-16-12(14)11(8-13)9-4-6-10(15-2)7-5-9/h4-7,11H,3,8H2,1-2H3. The Labute approximate surface area is 100 Å². The SMILES string of the molecule is CCOC(=O)C(CCl)c1ccc(OC)cc1. The predicted octanol–water partition coefficient (Wildman–Crippen LogP) is 2.58. The number of rotatable bonds is 5. The largest absolute Gasteiger partial charge is 0.497 e. The lowest BCUT2D eigenvalue weighted by Gasteiger charge is -2.13. The van der Waals surface area contributed by atoms with Gasteiger partial charge in [-0.1, -0.05) is 12.1 Å². The second kappa shape index (κ2) is 6.38. The molecule has 0 aromatic heterocycles. The summed E-state index contributed by atoms with van der Waals surface area (Å²) in [5.74, 6) is 0.265. The fourth-order valence-corrected chi connectivity index (χ4v) is 1.67. The van der Waals surface area contributed by atoms with E-state index < -0.39 is 5.92 Å². The number of hydrogen-bond acceptors (Lipinski definition) is 3. The van der Waals surface area contributed by atoms with Gasteiger partial charge in [-0.15, -0.1) is 11.6 Å². The van der Waals surface area contributed by atoms with Gasteiger partial charge in [-0.2, -0.15) is 0 Å². The van der Waals surface area contributed by atoms with Gasteiger partial charge in [0, 0.05) is 5.88 Å². The molecule has 4 heteroatoms. The van der Waals surface area contributed by atoms with Gasteiger partial charge in [0.2, 0.25) is 0 Å². The molecular weight excluding hydrogens is 228 g/mol. The molecule has 0 heterocycles. The monoisotopic (exact) mass is 242 g/mol. The van der Waals surface area contributed by atoms with E-state index in [2.05, 4.69) is 0 Å². The van der Waals surface area contributed by atoms with Crippen LogP contribution >= 0.6 is 11.6 Å². The van der Waals surface area contributed by atoms with Crippen molar-refractivity contribution in [3.05, 3.63) is 29.8 Å². The van der Waals surface area contributed by atoms with Crippen LogP contribution in [0, 0.1) is 0 Å². The molecule has 0 bridgehead atoms. The number of ether oxygens (including phenoxy) is 2. The van der Waals surface area contributed by atoms with Crippen molar-refractivity contribution in [2.24, 2.45) is 0 Å². The highest BCUT2D eigenvalue weighted by Crippen LogP contribution is 2.22. The van der Waals surface area contributed by atoms with Crippen LogP contribution in [0.4, 0.5) is 0 Å². The molecule has 0 saturated carbocycles. The summed E-state index contributed by atoms with van der Waals surface area (Å²) in [5, 5.41) is 0. The fraction of sp³-hybridized carbons (Fsp3) is 0.417. The number of methoxy groups -OCH3 is 1. The summed E-state index contributed by atoms with van der Waals surface area (Å²) < 4.78 is 9.99. The predicted molar refractivity (Wildman–Crippen MR) is 63.1 cm³/mol. The average molecular weight is 243 g/mol. The van der Waals surface area contributed by atoms with E-state index in [4.69, 9.17) is 21.1 Å². The van der Waals surface area contributed by atoms with Gasteiger partial charge in [-0.05, 0) is 24.6 Å². The highest BCUT2D eigenvalue weighted by Gasteiger charge is 2.20. The first kappa shape index (κ1) is 12.8. The van der Waals surface area contributed by atoms with Gasteiger partial charge in [-0.25, -0.2) is 0 Å². The first-order valence-electron chi connectivity index (χ1n) is 5.09. The molecular formula is C12H15ClO3. The van der Waals surface area contributed by atoms with Crippen molar-refractivity contribution in [1.29, 1.82) is 0 Å². The highest BCUT2D eigenvalue weighted by molar-refractivity contribution is 6.19. The van der Waals surface area contributed by atoms with Crippen molar-refractivity contribution in [1.82, 2.24) is 0 Å². The van der Waals surface area contributed by atoms with E-state index in [0.717, 1.165) is 11.3 Å². The Hall–Kier alpha value is -1.22. The summed E-state index contributed by atoms with van der Waals surface area (Å²) in [7, 11) is 1.60. The molecule has 1 unspecified atom stereocenters. The number of carbonyl (C=O) groups is 1. The maximum Gasteiger partial charge on any atom is 0.314 e. The lowest BCUT2D eigenvalue weighted by Crippen LogP contribution is -2.17. The van der Waals surface area contributed by atoms with Gasteiger partial charge in [0.15, 0.2) is 0 Å². The molecule has 88 valence electrons. The molecule has 0 amide bonds. The van der Waals surface area contributed by atoms with Crippen LogP contribution < -0.4 is 4.74 Å². The van der Waals surface area contributed by atoms with Crippen LogP contribution in [0.25, 0.3) is 0 Å². The molecule has 3 nitrogen and oxygen atoms in total. The highest BCUT2D eigenvalue weighted by atomic mass is 35.5. The number of halogens is 1. The molecule has 16 heavy (non-hydrogen) atoms. The molecule has 1 aromatic carbocycles. The minimum atomic E-state index is -0.410. The maximum atomic E-state index is 11.6. The van der Waals surface area contributed by atoms with Gasteiger partial charge in [0.05, 0.1) is 19.6 Å². The zero-order valence-electron chi connectivity index (χ0n) is 9.40. The van der Waals surface area contributed by atoms with Crippen LogP contribution in [-0.2, 0) is 9.53 Å². The Bertz CT molecular complexity index is 335. The topological polar surface area (TPSA) is 35.5 Å². The maximum absolute atomic E-state index is 11.6. The molecule has 0 spiro atoms. The zero-order valence-corrected chi connectivity index (χ0v) is 10.2. The number of hydrogen-bond donors (Lipinski definition) is 0. The van der Waals surface area contributed by atoms with Crippen molar-refractivity contribution in [3.63, 3.8) is 0 Å². The van der Waals surface area contributed by atoms with Gasteiger partial charge >= 0.3 is 5.97 Å². The fourth-order valence-electron chi connectivity index (χ4n) is 1.37. The third-order valence-electron chi connectivity index (χ3n) is 2.24. The molecule has 0 fully saturated rings. The van der Waals surface area contributed by atoms with Gasteiger partial charge in [-0.3, -0.25) is 4.79 Å². The van der Waals surface area contributed by atoms with Crippen molar-refractivity contribution in [2.75, 3.05) is 19.6 Å². The van der Waals surface area contributed by atoms with Crippen LogP contribution in [0.1, 0.15) is 18.4 Å². The number of benzene rings is 1. The average Bonchev–Trinajstić information content (AvgIpc) is 2.31. The molecule has 0 radical (unpaired) electrons. The molecule has 0 saturated heterocycles. The molecule has 0 N–H and O–H groups in total. The van der Waals surface area contributed by atoms with E-state index >= 15 is 0 Å². The third-order valence-corrected chi connectivity index (χ3v) is 2.55. The van der Waals surface area contributed by atoms with Gasteiger partial charge < -0.3 is 9.47 Å². The number of carbonyl (C=O) groups excluding carboxylic acids is 1. The van der Waals surface area contributed by atoms with Gasteiger partial charge in [0.25, 0.3) is 0 Å². The molecule has 1 aromatic rings. The lowest BCUT2D eigenvalue weighted by molar-refractivity contribution is -0.144. The summed E-state index contributed by atoms with van der Waals surface area (Å²) in [6.45, 7) is 2.14. The van der Waals surface area contributed by atoms with Crippen molar-refractivity contribution in [2.45, 2.75) is 12.8 Å². The lowest BCUT2D eigenvalue weighted by atomic mass is 10.0. The summed E-state index contributed by atoms with van der Waals surface area (Å²) >= 11 is 5.77. The van der Waals surface area contributed by atoms with Gasteiger partial charge in [0.1, 0.15) is 5.75 Å². The summed E-state index contributed by atoms with van der Waals surface area (Å²) in [6, 6.07) is 7.24. The van der Waals surface area contributed by atoms with Crippen molar-refractivity contribution < 1.29 is 14.3 Å². The van der Waals surface area contributed by atoms with Crippen LogP contribution in [-0.4, -0.2) is 25.6 Å². The Kier molecular flexibility index (Phi) is 5.12. The van der Waals surface area contributed by atoms with Crippen molar-refractivity contribution >= 4 is 17.6 Å². The van der Waals surface area contributed by atoms with E-state index in [1.807, 2.05) is 12.1 Å². The molecule has 1 rings (SSSR count). The first-order valence-corrected chi connectivity index (χ1v) is 5.63.